The summed E-state index contributed by atoms with van der Waals surface area (Å²) in [6, 6.07) is 6.02. The van der Waals surface area contributed by atoms with Gasteiger partial charge < -0.3 is 9.84 Å². The van der Waals surface area contributed by atoms with Gasteiger partial charge in [0.15, 0.2) is 0 Å². The van der Waals surface area contributed by atoms with Gasteiger partial charge in [-0.05, 0) is 49.9 Å². The number of benzene rings is 1. The maximum atomic E-state index is 10.6. The molecule has 0 saturated heterocycles. The van der Waals surface area contributed by atoms with Crippen LogP contribution in [-0.2, 0) is 5.60 Å². The number of hydrogen-bond donors (Lipinski definition) is 1. The van der Waals surface area contributed by atoms with Crippen molar-refractivity contribution in [2.24, 2.45) is 0 Å². The number of aliphatic hydroxyl groups is 1. The van der Waals surface area contributed by atoms with E-state index in [4.69, 9.17) is 4.74 Å². The quantitative estimate of drug-likeness (QED) is 0.848. The molecule has 1 aliphatic rings. The lowest BCUT2D eigenvalue weighted by Gasteiger charge is -2.25. The maximum Gasteiger partial charge on any atom is 0.119 e. The maximum absolute atomic E-state index is 10.6. The molecule has 0 bridgehead atoms. The van der Waals surface area contributed by atoms with Crippen LogP contribution in [0.15, 0.2) is 18.2 Å². The van der Waals surface area contributed by atoms with Gasteiger partial charge in [0.25, 0.3) is 0 Å². The van der Waals surface area contributed by atoms with E-state index in [0.29, 0.717) is 6.61 Å². The van der Waals surface area contributed by atoms with Crippen LogP contribution < -0.4 is 4.74 Å². The van der Waals surface area contributed by atoms with E-state index in [2.05, 4.69) is 6.92 Å². The van der Waals surface area contributed by atoms with Gasteiger partial charge in [0.1, 0.15) is 5.75 Å². The molecule has 1 aliphatic carbocycles. The lowest BCUT2D eigenvalue weighted by molar-refractivity contribution is 0.0436. The van der Waals surface area contributed by atoms with E-state index in [-0.39, 0.29) is 0 Å². The number of ether oxygens (including phenoxy) is 1. The second kappa shape index (κ2) is 4.46. The van der Waals surface area contributed by atoms with E-state index in [0.717, 1.165) is 42.6 Å². The van der Waals surface area contributed by atoms with Crippen LogP contribution in [0, 0.1) is 6.92 Å². The first-order chi connectivity index (χ1) is 7.65. The van der Waals surface area contributed by atoms with Crippen LogP contribution >= 0.6 is 0 Å². The third-order valence-corrected chi connectivity index (χ3v) is 3.45. The van der Waals surface area contributed by atoms with Crippen LogP contribution in [0.2, 0.25) is 0 Å². The predicted molar refractivity (Wildman–Crippen MR) is 64.7 cm³/mol. The van der Waals surface area contributed by atoms with Crippen LogP contribution in [-0.4, -0.2) is 11.7 Å². The molecular formula is C14H20O2. The van der Waals surface area contributed by atoms with Gasteiger partial charge in [-0.3, -0.25) is 0 Å². The summed E-state index contributed by atoms with van der Waals surface area (Å²) in [5, 5.41) is 10.6. The third-order valence-electron chi connectivity index (χ3n) is 3.45. The standard InChI is InChI=1S/C14H20O2/c1-3-16-12-7-6-11(2)13(10-12)14(15)8-4-5-9-14/h6-7,10,15H,3-5,8-9H2,1-2H3. The summed E-state index contributed by atoms with van der Waals surface area (Å²) in [6.45, 7) is 4.70. The van der Waals surface area contributed by atoms with Crippen LogP contribution in [0.3, 0.4) is 0 Å². The summed E-state index contributed by atoms with van der Waals surface area (Å²) in [7, 11) is 0. The van der Waals surface area contributed by atoms with Crippen LogP contribution in [0.5, 0.6) is 5.75 Å². The van der Waals surface area contributed by atoms with E-state index >= 15 is 0 Å². The van der Waals surface area contributed by atoms with Crippen molar-refractivity contribution in [1.29, 1.82) is 0 Å². The first-order valence-electron chi connectivity index (χ1n) is 6.12. The number of hydrogen-bond acceptors (Lipinski definition) is 2. The molecule has 0 radical (unpaired) electrons. The zero-order valence-electron chi connectivity index (χ0n) is 10.1. The largest absolute Gasteiger partial charge is 0.494 e. The predicted octanol–water partition coefficient (Wildman–Crippen LogP) is 3.16. The van der Waals surface area contributed by atoms with Crippen molar-refractivity contribution in [2.75, 3.05) is 6.61 Å². The highest BCUT2D eigenvalue weighted by atomic mass is 16.5. The molecule has 1 aromatic rings. The van der Waals surface area contributed by atoms with Gasteiger partial charge in [-0.15, -0.1) is 0 Å². The van der Waals surface area contributed by atoms with Crippen molar-refractivity contribution in [1.82, 2.24) is 0 Å². The molecule has 2 rings (SSSR count). The molecule has 16 heavy (non-hydrogen) atoms. The average molecular weight is 220 g/mol. The van der Waals surface area contributed by atoms with Gasteiger partial charge in [-0.2, -0.15) is 0 Å². The minimum Gasteiger partial charge on any atom is -0.494 e. The van der Waals surface area contributed by atoms with Gasteiger partial charge in [-0.1, -0.05) is 18.9 Å². The van der Waals surface area contributed by atoms with Crippen LogP contribution in [0.1, 0.15) is 43.7 Å². The molecule has 0 atom stereocenters. The minimum atomic E-state index is -0.614. The summed E-state index contributed by atoms with van der Waals surface area (Å²) >= 11 is 0. The summed E-state index contributed by atoms with van der Waals surface area (Å²) in [5.74, 6) is 0.864. The van der Waals surface area contributed by atoms with Crippen molar-refractivity contribution in [3.63, 3.8) is 0 Å². The zero-order chi connectivity index (χ0) is 11.6. The van der Waals surface area contributed by atoms with Gasteiger partial charge >= 0.3 is 0 Å². The van der Waals surface area contributed by atoms with E-state index in [9.17, 15) is 5.11 Å². The summed E-state index contributed by atoms with van der Waals surface area (Å²) in [5.41, 5.74) is 1.60. The summed E-state index contributed by atoms with van der Waals surface area (Å²) in [4.78, 5) is 0. The molecule has 1 saturated carbocycles. The fourth-order valence-electron chi connectivity index (χ4n) is 2.59. The van der Waals surface area contributed by atoms with Gasteiger partial charge in [0, 0.05) is 0 Å². The van der Waals surface area contributed by atoms with Crippen LogP contribution in [0.4, 0.5) is 0 Å². The van der Waals surface area contributed by atoms with E-state index in [1.54, 1.807) is 0 Å². The first kappa shape index (κ1) is 11.5. The monoisotopic (exact) mass is 220 g/mol. The Morgan fingerprint density at radius 3 is 2.62 bits per heavy atom. The van der Waals surface area contributed by atoms with Crippen molar-refractivity contribution in [2.45, 2.75) is 45.1 Å². The zero-order valence-corrected chi connectivity index (χ0v) is 10.1. The van der Waals surface area contributed by atoms with Gasteiger partial charge in [-0.25, -0.2) is 0 Å². The van der Waals surface area contributed by atoms with E-state index in [1.807, 2.05) is 25.1 Å². The SMILES string of the molecule is CCOc1ccc(C)c(C2(O)CCCC2)c1. The molecule has 0 heterocycles. The molecule has 0 aromatic heterocycles. The molecular weight excluding hydrogens is 200 g/mol. The molecule has 0 amide bonds. The lowest BCUT2D eigenvalue weighted by atomic mass is 9.89. The lowest BCUT2D eigenvalue weighted by Crippen LogP contribution is -2.22. The van der Waals surface area contributed by atoms with Crippen molar-refractivity contribution < 1.29 is 9.84 Å². The summed E-state index contributed by atoms with van der Waals surface area (Å²) < 4.78 is 5.49. The highest BCUT2D eigenvalue weighted by Crippen LogP contribution is 2.40. The molecule has 1 fully saturated rings. The van der Waals surface area contributed by atoms with E-state index < -0.39 is 5.60 Å². The second-order valence-corrected chi connectivity index (χ2v) is 4.65. The van der Waals surface area contributed by atoms with Gasteiger partial charge in [0.05, 0.1) is 12.2 Å². The first-order valence-corrected chi connectivity index (χ1v) is 6.12. The Balaban J connectivity index is 2.34. The van der Waals surface area contributed by atoms with Crippen molar-refractivity contribution >= 4 is 0 Å². The number of aryl methyl sites for hydroxylation is 1. The minimum absolute atomic E-state index is 0.614. The molecule has 2 heteroatoms. The van der Waals surface area contributed by atoms with E-state index in [1.165, 1.54) is 0 Å². The summed E-state index contributed by atoms with van der Waals surface area (Å²) in [6.07, 6.45) is 4.00. The number of rotatable bonds is 3. The smallest absolute Gasteiger partial charge is 0.119 e. The fraction of sp³-hybridized carbons (Fsp3) is 0.571. The Morgan fingerprint density at radius 1 is 1.31 bits per heavy atom. The fourth-order valence-corrected chi connectivity index (χ4v) is 2.59. The Bertz CT molecular complexity index is 365. The highest BCUT2D eigenvalue weighted by molar-refractivity contribution is 5.39. The Kier molecular flexibility index (Phi) is 3.20. The molecule has 88 valence electrons. The average Bonchev–Trinajstić information content (AvgIpc) is 2.69. The van der Waals surface area contributed by atoms with Crippen molar-refractivity contribution in [3.05, 3.63) is 29.3 Å². The highest BCUT2D eigenvalue weighted by Gasteiger charge is 2.34. The van der Waals surface area contributed by atoms with Gasteiger partial charge in [0.2, 0.25) is 0 Å². The Labute approximate surface area is 97.3 Å². The van der Waals surface area contributed by atoms with Crippen LogP contribution in [0.25, 0.3) is 0 Å². The molecule has 1 aromatic carbocycles. The second-order valence-electron chi connectivity index (χ2n) is 4.65. The third kappa shape index (κ3) is 2.07. The normalized spacial score (nSPS) is 18.7. The topological polar surface area (TPSA) is 29.5 Å². The van der Waals surface area contributed by atoms with Crippen molar-refractivity contribution in [3.8, 4) is 5.75 Å². The Morgan fingerprint density at radius 2 is 2.00 bits per heavy atom. The molecule has 1 N–H and O–H groups in total. The molecule has 2 nitrogen and oxygen atoms in total. The molecule has 0 spiro atoms. The Hall–Kier alpha value is -1.02. The molecule has 0 aliphatic heterocycles. The molecule has 0 unspecified atom stereocenters.